The van der Waals surface area contributed by atoms with Crippen molar-refractivity contribution in [1.82, 2.24) is 0 Å². The quantitative estimate of drug-likeness (QED) is 0.355. The topological polar surface area (TPSA) is 83.8 Å². The number of ketones is 1. The van der Waals surface area contributed by atoms with E-state index in [1.165, 1.54) is 7.11 Å². The van der Waals surface area contributed by atoms with E-state index in [0.717, 1.165) is 38.5 Å². The van der Waals surface area contributed by atoms with Crippen LogP contribution < -0.4 is 0 Å². The van der Waals surface area contributed by atoms with Gasteiger partial charge in [-0.15, -0.1) is 0 Å². The van der Waals surface area contributed by atoms with Crippen molar-refractivity contribution in [1.29, 1.82) is 0 Å². The van der Waals surface area contributed by atoms with Crippen LogP contribution in [-0.4, -0.2) is 40.8 Å². The molecule has 0 aromatic carbocycles. The van der Waals surface area contributed by atoms with Crippen LogP contribution in [0.5, 0.6) is 0 Å². The molecule has 5 heteroatoms. The van der Waals surface area contributed by atoms with Crippen LogP contribution in [0.4, 0.5) is 0 Å². The number of ether oxygens (including phenoxy) is 1. The molecule has 29 heavy (non-hydrogen) atoms. The number of esters is 1. The summed E-state index contributed by atoms with van der Waals surface area (Å²) in [4.78, 5) is 23.5. The third-order valence-corrected chi connectivity index (χ3v) is 6.45. The molecule has 2 aliphatic carbocycles. The number of methoxy groups -OCH3 is 1. The Morgan fingerprint density at radius 2 is 2.03 bits per heavy atom. The lowest BCUT2D eigenvalue weighted by Crippen LogP contribution is -2.30. The van der Waals surface area contributed by atoms with Crippen molar-refractivity contribution in [3.63, 3.8) is 0 Å². The molecule has 2 rings (SSSR count). The van der Waals surface area contributed by atoms with E-state index in [-0.39, 0.29) is 11.8 Å². The van der Waals surface area contributed by atoms with Gasteiger partial charge in [0.05, 0.1) is 12.7 Å². The van der Waals surface area contributed by atoms with Gasteiger partial charge in [-0.2, -0.15) is 0 Å². The molecule has 2 N–H and O–H groups in total. The Balaban J connectivity index is 1.81. The van der Waals surface area contributed by atoms with Gasteiger partial charge in [0.25, 0.3) is 0 Å². The van der Waals surface area contributed by atoms with Gasteiger partial charge in [0.1, 0.15) is 5.78 Å². The number of hydrogen-bond acceptors (Lipinski definition) is 5. The Morgan fingerprint density at radius 1 is 1.28 bits per heavy atom. The van der Waals surface area contributed by atoms with E-state index in [2.05, 4.69) is 23.8 Å². The molecular weight excluding hydrogens is 368 g/mol. The average molecular weight is 407 g/mol. The van der Waals surface area contributed by atoms with Crippen molar-refractivity contribution >= 4 is 11.8 Å². The second-order valence-corrected chi connectivity index (χ2v) is 8.71. The Bertz CT molecular complexity index is 592. The van der Waals surface area contributed by atoms with Crippen molar-refractivity contribution in [3.05, 3.63) is 24.3 Å². The molecule has 0 amide bonds. The first-order valence-electron chi connectivity index (χ1n) is 11.2. The number of unbranched alkanes of at least 4 members (excludes halogenated alkanes) is 1. The van der Waals surface area contributed by atoms with E-state index in [1.807, 2.05) is 12.2 Å². The van der Waals surface area contributed by atoms with Crippen LogP contribution in [0.2, 0.25) is 0 Å². The Labute approximate surface area is 175 Å². The van der Waals surface area contributed by atoms with Crippen molar-refractivity contribution in [2.75, 3.05) is 7.11 Å². The highest BCUT2D eigenvalue weighted by molar-refractivity contribution is 5.83. The number of Topliss-reactive ketones (excluding diaryl/α,β-unsaturated/α-hetero) is 1. The zero-order valence-electron chi connectivity index (χ0n) is 18.0. The minimum atomic E-state index is -1.09. The zero-order chi connectivity index (χ0) is 21.3. The molecule has 0 heterocycles. The zero-order valence-corrected chi connectivity index (χ0v) is 18.0. The molecule has 5 nitrogen and oxygen atoms in total. The van der Waals surface area contributed by atoms with Gasteiger partial charge in [-0.1, -0.05) is 44.1 Å². The first-order chi connectivity index (χ1) is 13.9. The summed E-state index contributed by atoms with van der Waals surface area (Å²) in [5, 5.41) is 20.6. The fraction of sp³-hybridized carbons (Fsp3) is 0.750. The Morgan fingerprint density at radius 3 is 2.69 bits per heavy atom. The average Bonchev–Trinajstić information content (AvgIpc) is 3.52. The van der Waals surface area contributed by atoms with Crippen LogP contribution in [-0.2, 0) is 14.3 Å². The lowest BCUT2D eigenvalue weighted by atomic mass is 9.86. The standard InChI is InChI=1S/C24H38O5/c1-3-4-16-24(28,19-13-14-19)17-8-9-18-12-15-21(25)20(18)10-6-5-7-11-22(26)23(27)29-2/h5-6,8-9,18-20,22,26,28H,3-4,7,10-17H2,1-2H3/t18-,20+,22?,24?/m0/s1. The van der Waals surface area contributed by atoms with Crippen LogP contribution in [0, 0.1) is 17.8 Å². The first kappa shape index (κ1) is 23.8. The monoisotopic (exact) mass is 406 g/mol. The molecule has 0 aliphatic heterocycles. The summed E-state index contributed by atoms with van der Waals surface area (Å²) < 4.78 is 4.50. The van der Waals surface area contributed by atoms with Gasteiger partial charge in [-0.25, -0.2) is 4.79 Å². The summed E-state index contributed by atoms with van der Waals surface area (Å²) >= 11 is 0. The molecule has 2 aliphatic rings. The molecule has 164 valence electrons. The highest BCUT2D eigenvalue weighted by atomic mass is 16.5. The first-order valence-corrected chi connectivity index (χ1v) is 11.2. The summed E-state index contributed by atoms with van der Waals surface area (Å²) in [6.07, 6.45) is 16.2. The van der Waals surface area contributed by atoms with Crippen molar-refractivity contribution in [2.45, 2.75) is 89.3 Å². The highest BCUT2D eigenvalue weighted by Gasteiger charge is 2.42. The number of carbonyl (C=O) groups excluding carboxylic acids is 2. The fourth-order valence-electron chi connectivity index (χ4n) is 4.36. The van der Waals surface area contributed by atoms with Gasteiger partial charge in [0.15, 0.2) is 6.10 Å². The van der Waals surface area contributed by atoms with E-state index < -0.39 is 17.7 Å². The van der Waals surface area contributed by atoms with Gasteiger partial charge in [0.2, 0.25) is 0 Å². The van der Waals surface area contributed by atoms with Crippen LogP contribution in [0.15, 0.2) is 24.3 Å². The summed E-state index contributed by atoms with van der Waals surface area (Å²) in [6.45, 7) is 2.15. The molecule has 2 fully saturated rings. The molecule has 4 atom stereocenters. The molecule has 0 spiro atoms. The van der Waals surface area contributed by atoms with E-state index in [1.54, 1.807) is 0 Å². The predicted molar refractivity (Wildman–Crippen MR) is 113 cm³/mol. The van der Waals surface area contributed by atoms with Crippen molar-refractivity contribution in [3.8, 4) is 0 Å². The van der Waals surface area contributed by atoms with E-state index in [9.17, 15) is 19.8 Å². The maximum Gasteiger partial charge on any atom is 0.334 e. The number of aliphatic hydroxyl groups is 2. The predicted octanol–water partition coefficient (Wildman–Crippen LogP) is 4.12. The molecule has 0 bridgehead atoms. The maximum absolute atomic E-state index is 12.3. The summed E-state index contributed by atoms with van der Waals surface area (Å²) in [5.41, 5.74) is -0.564. The van der Waals surface area contributed by atoms with E-state index in [4.69, 9.17) is 0 Å². The van der Waals surface area contributed by atoms with Gasteiger partial charge < -0.3 is 14.9 Å². The van der Waals surface area contributed by atoms with Crippen LogP contribution in [0.25, 0.3) is 0 Å². The third kappa shape index (κ3) is 7.38. The van der Waals surface area contributed by atoms with Gasteiger partial charge in [-0.05, 0) is 63.2 Å². The minimum Gasteiger partial charge on any atom is -0.467 e. The van der Waals surface area contributed by atoms with Crippen molar-refractivity contribution in [2.24, 2.45) is 17.8 Å². The van der Waals surface area contributed by atoms with E-state index in [0.29, 0.717) is 43.8 Å². The lowest BCUT2D eigenvalue weighted by Gasteiger charge is -2.27. The summed E-state index contributed by atoms with van der Waals surface area (Å²) in [7, 11) is 1.26. The number of hydrogen-bond donors (Lipinski definition) is 2. The second kappa shape index (κ2) is 11.7. The SMILES string of the molecule is CCCCC(O)(CC=C[C@H]1CCC(=O)[C@@H]1CC=CCCC(O)C(=O)OC)C1CC1. The molecule has 0 aromatic rings. The lowest BCUT2D eigenvalue weighted by molar-refractivity contribution is -0.150. The van der Waals surface area contributed by atoms with Gasteiger partial charge in [-0.3, -0.25) is 4.79 Å². The highest BCUT2D eigenvalue weighted by Crippen LogP contribution is 2.44. The molecule has 2 unspecified atom stereocenters. The second-order valence-electron chi connectivity index (χ2n) is 8.71. The molecule has 0 aromatic heterocycles. The number of rotatable bonds is 13. The normalized spacial score (nSPS) is 25.6. The molecule has 2 saturated carbocycles. The minimum absolute atomic E-state index is 0.00214. The Hall–Kier alpha value is -1.46. The molecular formula is C24H38O5. The number of allylic oxidation sites excluding steroid dienone is 3. The van der Waals surface area contributed by atoms with Crippen LogP contribution in [0.1, 0.15) is 77.6 Å². The summed E-state index contributed by atoms with van der Waals surface area (Å²) in [5.74, 6) is 0.380. The van der Waals surface area contributed by atoms with E-state index >= 15 is 0 Å². The largest absolute Gasteiger partial charge is 0.467 e. The van der Waals surface area contributed by atoms with Crippen molar-refractivity contribution < 1.29 is 24.5 Å². The number of carbonyl (C=O) groups is 2. The third-order valence-electron chi connectivity index (χ3n) is 6.45. The Kier molecular flexibility index (Phi) is 9.57. The maximum atomic E-state index is 12.3. The number of aliphatic hydroxyl groups excluding tert-OH is 1. The van der Waals surface area contributed by atoms with Gasteiger partial charge in [0, 0.05) is 12.3 Å². The van der Waals surface area contributed by atoms with Crippen LogP contribution in [0.3, 0.4) is 0 Å². The van der Waals surface area contributed by atoms with Gasteiger partial charge >= 0.3 is 5.97 Å². The van der Waals surface area contributed by atoms with Crippen LogP contribution >= 0.6 is 0 Å². The summed E-state index contributed by atoms with van der Waals surface area (Å²) in [6, 6.07) is 0. The fourth-order valence-corrected chi connectivity index (χ4v) is 4.36. The molecule has 0 saturated heterocycles. The smallest absolute Gasteiger partial charge is 0.334 e. The molecule has 0 radical (unpaired) electrons.